The number of rotatable bonds is 12. The number of Topliss-reactive ketones (excluding diaryl/α,β-unsaturated/α-hetero) is 1. The Bertz CT molecular complexity index is 2110. The summed E-state index contributed by atoms with van der Waals surface area (Å²) in [4.78, 5) is 29.2. The van der Waals surface area contributed by atoms with E-state index in [0.29, 0.717) is 52.4 Å². The molecule has 1 N–H and O–H groups in total. The average molecular weight is 708 g/mol. The Hall–Kier alpha value is -4.87. The topological polar surface area (TPSA) is 111 Å². The highest BCUT2D eigenvalue weighted by molar-refractivity contribution is 8.00. The molecule has 7 rings (SSSR count). The second-order valence-corrected chi connectivity index (χ2v) is 14.4. The molecule has 1 aromatic heterocycles. The number of aromatic nitrogens is 2. The lowest BCUT2D eigenvalue weighted by Crippen LogP contribution is -2.29. The number of thioether (sulfide) groups is 1. The molecule has 9 nitrogen and oxygen atoms in total. The van der Waals surface area contributed by atoms with Crippen LogP contribution < -0.4 is 19.1 Å². The number of carbonyl (C=O) groups excluding carboxylic acids is 2. The molecule has 0 radical (unpaired) electrons. The van der Waals surface area contributed by atoms with E-state index in [-0.39, 0.29) is 22.6 Å². The molecule has 1 fully saturated rings. The second kappa shape index (κ2) is 14.5. The van der Waals surface area contributed by atoms with Crippen molar-refractivity contribution in [3.63, 3.8) is 0 Å². The Morgan fingerprint density at radius 1 is 1.00 bits per heavy atom. The second-order valence-electron chi connectivity index (χ2n) is 12.2. The largest absolute Gasteiger partial charge is 0.507 e. The van der Waals surface area contributed by atoms with Crippen LogP contribution in [0.5, 0.6) is 17.2 Å². The standard InChI is InChI=1S/C39H37N3O6S2/c1-4-6-18-47-31-17-14-25(21-32(31)46-5-2)34-33(35(43)26-15-16-30-28(20-26)19-23(3)48-30)36(44)37(45)42(34)38-40-41-39(50-38)49-22-27-12-9-11-24-10-7-8-13-29(24)27/h7-17,20-21,23,34,43H,4-6,18-19,22H2,1-3H3/b35-33+. The summed E-state index contributed by atoms with van der Waals surface area (Å²) < 4.78 is 18.5. The van der Waals surface area contributed by atoms with Crippen molar-refractivity contribution in [2.24, 2.45) is 0 Å². The molecular weight excluding hydrogens is 671 g/mol. The molecule has 0 spiro atoms. The molecule has 2 aliphatic rings. The number of hydrogen-bond donors (Lipinski definition) is 1. The van der Waals surface area contributed by atoms with Crippen LogP contribution in [0.4, 0.5) is 5.13 Å². The van der Waals surface area contributed by atoms with Crippen molar-refractivity contribution in [2.45, 2.75) is 62.3 Å². The van der Waals surface area contributed by atoms with E-state index in [9.17, 15) is 14.7 Å². The molecule has 0 bridgehead atoms. The van der Waals surface area contributed by atoms with E-state index in [2.05, 4.69) is 41.4 Å². The molecule has 2 aliphatic heterocycles. The Kier molecular flexibility index (Phi) is 9.78. The first-order chi connectivity index (χ1) is 24.4. The number of ether oxygens (including phenoxy) is 3. The van der Waals surface area contributed by atoms with Crippen LogP contribution in [0.25, 0.3) is 16.5 Å². The zero-order chi connectivity index (χ0) is 34.8. The summed E-state index contributed by atoms with van der Waals surface area (Å²) in [5, 5.41) is 23.2. The third-order valence-corrected chi connectivity index (χ3v) is 10.9. The van der Waals surface area contributed by atoms with Crippen LogP contribution in [0.3, 0.4) is 0 Å². The minimum atomic E-state index is -0.994. The first-order valence-corrected chi connectivity index (χ1v) is 18.6. The van der Waals surface area contributed by atoms with Gasteiger partial charge in [0.25, 0.3) is 5.78 Å². The molecule has 2 unspecified atom stereocenters. The van der Waals surface area contributed by atoms with E-state index in [4.69, 9.17) is 14.2 Å². The lowest BCUT2D eigenvalue weighted by Gasteiger charge is -2.23. The first-order valence-electron chi connectivity index (χ1n) is 16.8. The van der Waals surface area contributed by atoms with Crippen LogP contribution in [0, 0.1) is 0 Å². The van der Waals surface area contributed by atoms with Crippen molar-refractivity contribution in [3.8, 4) is 17.2 Å². The fourth-order valence-electron chi connectivity index (χ4n) is 6.39. The van der Waals surface area contributed by atoms with Gasteiger partial charge in [-0.2, -0.15) is 0 Å². The summed E-state index contributed by atoms with van der Waals surface area (Å²) in [6.45, 7) is 6.86. The highest BCUT2D eigenvalue weighted by Gasteiger charge is 2.48. The third kappa shape index (κ3) is 6.55. The van der Waals surface area contributed by atoms with Crippen LogP contribution in [0.15, 0.2) is 88.8 Å². The van der Waals surface area contributed by atoms with Crippen molar-refractivity contribution < 1.29 is 28.9 Å². The number of carbonyl (C=O) groups is 2. The van der Waals surface area contributed by atoms with Gasteiger partial charge in [-0.1, -0.05) is 85.0 Å². The Labute approximate surface area is 298 Å². The van der Waals surface area contributed by atoms with E-state index in [0.717, 1.165) is 40.5 Å². The maximum Gasteiger partial charge on any atom is 0.301 e. The van der Waals surface area contributed by atoms with E-state index in [1.54, 1.807) is 30.3 Å². The van der Waals surface area contributed by atoms with Gasteiger partial charge < -0.3 is 19.3 Å². The Morgan fingerprint density at radius 3 is 2.68 bits per heavy atom. The normalized spacial score (nSPS) is 18.0. The molecule has 1 amide bonds. The van der Waals surface area contributed by atoms with Crippen LogP contribution in [0.1, 0.15) is 61.9 Å². The lowest BCUT2D eigenvalue weighted by molar-refractivity contribution is -0.132. The third-order valence-electron chi connectivity index (χ3n) is 8.79. The maximum absolute atomic E-state index is 13.9. The fraction of sp³-hybridized carbons (Fsp3) is 0.282. The predicted octanol–water partition coefficient (Wildman–Crippen LogP) is 8.51. The molecule has 256 valence electrons. The fourth-order valence-corrected chi connectivity index (χ4v) is 8.27. The van der Waals surface area contributed by atoms with Crippen LogP contribution in [-0.2, 0) is 21.8 Å². The van der Waals surface area contributed by atoms with Crippen LogP contribution in [-0.4, -0.2) is 46.3 Å². The monoisotopic (exact) mass is 707 g/mol. The number of aliphatic hydroxyl groups excluding tert-OH is 1. The highest BCUT2D eigenvalue weighted by atomic mass is 32.2. The number of anilines is 1. The molecule has 4 aromatic carbocycles. The summed E-state index contributed by atoms with van der Waals surface area (Å²) >= 11 is 2.75. The number of hydrogen-bond acceptors (Lipinski definition) is 10. The van der Waals surface area contributed by atoms with E-state index in [1.165, 1.54) is 28.0 Å². The number of nitrogens with zero attached hydrogens (tertiary/aromatic N) is 3. The number of unbranched alkanes of at least 4 members (excludes halogenated alkanes) is 1. The summed E-state index contributed by atoms with van der Waals surface area (Å²) in [7, 11) is 0. The van der Waals surface area contributed by atoms with Gasteiger partial charge in [-0.3, -0.25) is 14.5 Å². The van der Waals surface area contributed by atoms with E-state index in [1.807, 2.05) is 38.1 Å². The quantitative estimate of drug-likeness (QED) is 0.0341. The van der Waals surface area contributed by atoms with Gasteiger partial charge in [0, 0.05) is 17.7 Å². The molecule has 50 heavy (non-hydrogen) atoms. The molecule has 11 heteroatoms. The summed E-state index contributed by atoms with van der Waals surface area (Å²) in [5.41, 5.74) is 3.04. The van der Waals surface area contributed by atoms with Crippen LogP contribution >= 0.6 is 23.1 Å². The van der Waals surface area contributed by atoms with Crippen molar-refractivity contribution >= 4 is 56.5 Å². The van der Waals surface area contributed by atoms with Gasteiger partial charge >= 0.3 is 5.91 Å². The lowest BCUT2D eigenvalue weighted by atomic mass is 9.94. The van der Waals surface area contributed by atoms with Gasteiger partial charge in [0.15, 0.2) is 15.8 Å². The molecule has 3 heterocycles. The van der Waals surface area contributed by atoms with Crippen molar-refractivity contribution in [1.82, 2.24) is 10.2 Å². The minimum Gasteiger partial charge on any atom is -0.507 e. The smallest absolute Gasteiger partial charge is 0.301 e. The molecular formula is C39H37N3O6S2. The maximum atomic E-state index is 13.9. The number of amides is 1. The molecule has 0 aliphatic carbocycles. The molecule has 1 saturated heterocycles. The van der Waals surface area contributed by atoms with Gasteiger partial charge in [0.1, 0.15) is 17.6 Å². The zero-order valence-electron chi connectivity index (χ0n) is 28.0. The predicted molar refractivity (Wildman–Crippen MR) is 196 cm³/mol. The van der Waals surface area contributed by atoms with Crippen molar-refractivity contribution in [1.29, 1.82) is 0 Å². The minimum absolute atomic E-state index is 0.00750. The van der Waals surface area contributed by atoms with Crippen molar-refractivity contribution in [3.05, 3.63) is 107 Å². The molecule has 2 atom stereocenters. The van der Waals surface area contributed by atoms with E-state index >= 15 is 0 Å². The summed E-state index contributed by atoms with van der Waals surface area (Å²) in [6, 6.07) is 24.1. The Balaban J connectivity index is 1.27. The van der Waals surface area contributed by atoms with Gasteiger partial charge in [-0.15, -0.1) is 10.2 Å². The summed E-state index contributed by atoms with van der Waals surface area (Å²) in [5.74, 6) is 0.575. The molecule has 0 saturated carbocycles. The van der Waals surface area contributed by atoms with E-state index < -0.39 is 17.7 Å². The number of fused-ring (bicyclic) bond motifs is 2. The van der Waals surface area contributed by atoms with Gasteiger partial charge in [0.2, 0.25) is 5.13 Å². The van der Waals surface area contributed by atoms with Crippen LogP contribution in [0.2, 0.25) is 0 Å². The zero-order valence-corrected chi connectivity index (χ0v) is 29.7. The number of aliphatic hydroxyl groups is 1. The van der Waals surface area contributed by atoms with Gasteiger partial charge in [-0.25, -0.2) is 0 Å². The Morgan fingerprint density at radius 2 is 1.84 bits per heavy atom. The van der Waals surface area contributed by atoms with Gasteiger partial charge in [-0.05, 0) is 78.1 Å². The van der Waals surface area contributed by atoms with Gasteiger partial charge in [0.05, 0.1) is 24.8 Å². The molecule has 5 aromatic rings. The average Bonchev–Trinajstić information content (AvgIpc) is 3.82. The highest BCUT2D eigenvalue weighted by Crippen LogP contribution is 2.46. The number of benzene rings is 4. The van der Waals surface area contributed by atoms with Crippen molar-refractivity contribution in [2.75, 3.05) is 18.1 Å². The SMILES string of the molecule is CCCCOc1ccc(C2/C(=C(\O)c3ccc4c(c3)CC(C)O4)C(=O)C(=O)N2c2nnc(SCc3cccc4ccccc34)s2)cc1OCC. The first kappa shape index (κ1) is 33.6. The summed E-state index contributed by atoms with van der Waals surface area (Å²) in [6.07, 6.45) is 2.55. The number of ketones is 1.